The Morgan fingerprint density at radius 2 is 1.76 bits per heavy atom. The predicted molar refractivity (Wildman–Crippen MR) is 94.9 cm³/mol. The topological polar surface area (TPSA) is 43.4 Å². The van der Waals surface area contributed by atoms with Gasteiger partial charge in [0.1, 0.15) is 17.2 Å². The van der Waals surface area contributed by atoms with E-state index < -0.39 is 11.0 Å². The molecule has 1 saturated heterocycles. The van der Waals surface area contributed by atoms with Gasteiger partial charge in [-0.2, -0.15) is 0 Å². The summed E-state index contributed by atoms with van der Waals surface area (Å²) >= 11 is 0. The van der Waals surface area contributed by atoms with Gasteiger partial charge in [0.25, 0.3) is 0 Å². The van der Waals surface area contributed by atoms with Gasteiger partial charge in [0.2, 0.25) is 0 Å². The highest BCUT2D eigenvalue weighted by atomic mass is 16.5. The molecule has 1 spiro atoms. The molecule has 0 aromatic heterocycles. The number of ketones is 2. The van der Waals surface area contributed by atoms with Crippen LogP contribution in [0.5, 0.6) is 0 Å². The van der Waals surface area contributed by atoms with Gasteiger partial charge in [0.15, 0.2) is 0 Å². The Morgan fingerprint density at radius 1 is 1.00 bits per heavy atom. The van der Waals surface area contributed by atoms with Gasteiger partial charge in [-0.05, 0) is 50.9 Å². The Morgan fingerprint density at radius 3 is 2.52 bits per heavy atom. The van der Waals surface area contributed by atoms with Crippen LogP contribution in [0.4, 0.5) is 0 Å². The van der Waals surface area contributed by atoms with Gasteiger partial charge in [-0.15, -0.1) is 0 Å². The summed E-state index contributed by atoms with van der Waals surface area (Å²) in [6.45, 7) is 9.50. The molecule has 0 N–H and O–H groups in total. The summed E-state index contributed by atoms with van der Waals surface area (Å²) in [5.41, 5.74) is -0.911. The van der Waals surface area contributed by atoms with E-state index in [-0.39, 0.29) is 16.2 Å². The monoisotopic (exact) mass is 342 g/mol. The number of hydrogen-bond acceptors (Lipinski definition) is 3. The quantitative estimate of drug-likeness (QED) is 0.623. The molecule has 1 aliphatic heterocycles. The standard InChI is InChI=1S/C22H30O3/c1-18(2)16(23)6-5-15-21-12-11-20(4)17(24)8-9-19(20,3)14(21)7-10-22(15,18)25-13-21/h7,10,14-15H,5-6,8-9,11-13H2,1-4H3. The zero-order chi connectivity index (χ0) is 17.9. The van der Waals surface area contributed by atoms with Crippen LogP contribution in [-0.4, -0.2) is 23.8 Å². The van der Waals surface area contributed by atoms with Crippen molar-refractivity contribution in [3.63, 3.8) is 0 Å². The molecule has 3 nitrogen and oxygen atoms in total. The number of hydrogen-bond donors (Lipinski definition) is 0. The number of carbonyl (C=O) groups is 2. The van der Waals surface area contributed by atoms with E-state index >= 15 is 0 Å². The number of allylic oxidation sites excluding steroid dienone is 1. The number of ether oxygens (including phenoxy) is 1. The van der Waals surface area contributed by atoms with Crippen LogP contribution in [0.1, 0.15) is 66.2 Å². The number of rotatable bonds is 0. The molecular formula is C22H30O3. The van der Waals surface area contributed by atoms with Crippen molar-refractivity contribution in [3.05, 3.63) is 12.2 Å². The molecule has 3 saturated carbocycles. The first-order valence-corrected chi connectivity index (χ1v) is 10.0. The summed E-state index contributed by atoms with van der Waals surface area (Å²) in [5.74, 6) is 1.62. The van der Waals surface area contributed by atoms with E-state index in [1.54, 1.807) is 0 Å². The van der Waals surface area contributed by atoms with Crippen LogP contribution in [0.3, 0.4) is 0 Å². The van der Waals surface area contributed by atoms with Gasteiger partial charge < -0.3 is 4.74 Å². The van der Waals surface area contributed by atoms with Gasteiger partial charge in [-0.25, -0.2) is 0 Å². The fourth-order valence-corrected chi connectivity index (χ4v) is 7.81. The molecule has 6 unspecified atom stereocenters. The van der Waals surface area contributed by atoms with Crippen LogP contribution >= 0.6 is 0 Å². The first kappa shape index (κ1) is 16.2. The third-order valence-electron chi connectivity index (χ3n) is 9.81. The molecule has 136 valence electrons. The molecule has 2 bridgehead atoms. The minimum atomic E-state index is -0.450. The fraction of sp³-hybridized carbons (Fsp3) is 0.818. The van der Waals surface area contributed by atoms with Crippen molar-refractivity contribution in [1.82, 2.24) is 0 Å². The maximum Gasteiger partial charge on any atom is 0.141 e. The van der Waals surface area contributed by atoms with Crippen LogP contribution in [0.2, 0.25) is 0 Å². The summed E-state index contributed by atoms with van der Waals surface area (Å²) < 4.78 is 6.58. The Bertz CT molecular complexity index is 721. The van der Waals surface area contributed by atoms with Gasteiger partial charge in [-0.3, -0.25) is 9.59 Å². The van der Waals surface area contributed by atoms with E-state index in [1.165, 1.54) is 0 Å². The minimum absolute atomic E-state index is 0.0320. The second-order valence-electron chi connectivity index (χ2n) is 10.5. The zero-order valence-corrected chi connectivity index (χ0v) is 16.0. The van der Waals surface area contributed by atoms with Crippen molar-refractivity contribution in [2.24, 2.45) is 33.5 Å². The number of fused-ring (bicyclic) bond motifs is 2. The summed E-state index contributed by atoms with van der Waals surface area (Å²) in [5, 5.41) is 0. The maximum atomic E-state index is 12.7. The first-order chi connectivity index (χ1) is 11.6. The van der Waals surface area contributed by atoms with E-state index in [2.05, 4.69) is 39.8 Å². The third-order valence-corrected chi connectivity index (χ3v) is 9.81. The summed E-state index contributed by atoms with van der Waals surface area (Å²) in [7, 11) is 0. The molecule has 0 aromatic rings. The smallest absolute Gasteiger partial charge is 0.141 e. The van der Waals surface area contributed by atoms with E-state index in [0.29, 0.717) is 29.8 Å². The average molecular weight is 342 g/mol. The van der Waals surface area contributed by atoms with Gasteiger partial charge in [-0.1, -0.05) is 26.0 Å². The third kappa shape index (κ3) is 1.44. The molecule has 3 heteroatoms. The van der Waals surface area contributed by atoms with Crippen molar-refractivity contribution in [3.8, 4) is 0 Å². The minimum Gasteiger partial charge on any atom is -0.369 e. The molecule has 1 heterocycles. The van der Waals surface area contributed by atoms with Gasteiger partial charge in [0, 0.05) is 29.6 Å². The lowest BCUT2D eigenvalue weighted by Crippen LogP contribution is -2.63. The molecule has 0 radical (unpaired) electrons. The van der Waals surface area contributed by atoms with Crippen LogP contribution in [0.15, 0.2) is 12.2 Å². The Hall–Kier alpha value is -0.960. The summed E-state index contributed by atoms with van der Waals surface area (Å²) in [4.78, 5) is 25.4. The lowest BCUT2D eigenvalue weighted by atomic mass is 9.39. The average Bonchev–Trinajstić information content (AvgIpc) is 2.93. The maximum absolute atomic E-state index is 12.7. The molecule has 5 rings (SSSR count). The summed E-state index contributed by atoms with van der Waals surface area (Å²) in [6.07, 6.45) is 10.0. The van der Waals surface area contributed by atoms with Crippen molar-refractivity contribution in [2.75, 3.05) is 6.61 Å². The van der Waals surface area contributed by atoms with Crippen molar-refractivity contribution < 1.29 is 14.3 Å². The number of Topliss-reactive ketones (excluding diaryl/α,β-unsaturated/α-hetero) is 2. The highest BCUT2D eigenvalue weighted by Gasteiger charge is 2.75. The Balaban J connectivity index is 1.69. The van der Waals surface area contributed by atoms with Crippen LogP contribution < -0.4 is 0 Å². The van der Waals surface area contributed by atoms with E-state index in [1.807, 2.05) is 0 Å². The molecule has 5 aliphatic rings. The largest absolute Gasteiger partial charge is 0.369 e. The molecule has 6 atom stereocenters. The Kier molecular flexibility index (Phi) is 2.79. The fourth-order valence-electron chi connectivity index (χ4n) is 7.81. The summed E-state index contributed by atoms with van der Waals surface area (Å²) in [6, 6.07) is 0. The van der Waals surface area contributed by atoms with Crippen molar-refractivity contribution in [2.45, 2.75) is 71.8 Å². The first-order valence-electron chi connectivity index (χ1n) is 10.0. The zero-order valence-electron chi connectivity index (χ0n) is 16.0. The molecule has 4 aliphatic carbocycles. The van der Waals surface area contributed by atoms with Crippen molar-refractivity contribution in [1.29, 1.82) is 0 Å². The second kappa shape index (κ2) is 4.30. The predicted octanol–water partition coefficient (Wildman–Crippen LogP) is 4.10. The highest BCUT2D eigenvalue weighted by molar-refractivity contribution is 5.89. The highest BCUT2D eigenvalue weighted by Crippen LogP contribution is 2.74. The van der Waals surface area contributed by atoms with Crippen LogP contribution in [0, 0.1) is 33.5 Å². The number of carbonyl (C=O) groups excluding carboxylic acids is 2. The van der Waals surface area contributed by atoms with E-state index in [4.69, 9.17) is 4.74 Å². The lowest BCUT2D eigenvalue weighted by Gasteiger charge is -2.62. The second-order valence-corrected chi connectivity index (χ2v) is 10.5. The van der Waals surface area contributed by atoms with Gasteiger partial charge >= 0.3 is 0 Å². The van der Waals surface area contributed by atoms with Gasteiger partial charge in [0.05, 0.1) is 12.0 Å². The molecule has 4 fully saturated rings. The molecule has 0 amide bonds. The molecular weight excluding hydrogens is 312 g/mol. The Labute approximate surface area is 150 Å². The lowest BCUT2D eigenvalue weighted by molar-refractivity contribution is -0.158. The SMILES string of the molecule is CC1(C)C(=O)CCC2C34CCC5(C)C(=O)CCC5(C)C3C=CC21OC4. The van der Waals surface area contributed by atoms with Crippen molar-refractivity contribution >= 4 is 11.6 Å². The normalized spacial score (nSPS) is 55.7. The van der Waals surface area contributed by atoms with E-state index in [9.17, 15) is 9.59 Å². The van der Waals surface area contributed by atoms with E-state index in [0.717, 1.165) is 38.7 Å². The van der Waals surface area contributed by atoms with Crippen LogP contribution in [-0.2, 0) is 14.3 Å². The molecule has 25 heavy (non-hydrogen) atoms. The van der Waals surface area contributed by atoms with Crippen LogP contribution in [0.25, 0.3) is 0 Å². The molecule has 0 aromatic carbocycles.